The highest BCUT2D eigenvalue weighted by molar-refractivity contribution is 5.87. The number of carboxylic acids is 1. The molecule has 1 aliphatic rings. The quantitative estimate of drug-likeness (QED) is 0.735. The smallest absolute Gasteiger partial charge is 0.348 e. The topological polar surface area (TPSA) is 63.6 Å². The number of hydrogen-bond donors (Lipinski definition) is 1. The molecule has 1 saturated heterocycles. The van der Waals surface area contributed by atoms with Gasteiger partial charge in [0, 0.05) is 11.8 Å². The Morgan fingerprint density at radius 1 is 1.50 bits per heavy atom. The number of esters is 1. The summed E-state index contributed by atoms with van der Waals surface area (Å²) in [5, 5.41) is 9.34. The van der Waals surface area contributed by atoms with Gasteiger partial charge in [0.2, 0.25) is 5.60 Å². The van der Waals surface area contributed by atoms with Gasteiger partial charge >= 0.3 is 11.9 Å². The molecule has 0 aromatic heterocycles. The Kier molecular flexibility index (Phi) is 3.05. The molecule has 16 heavy (non-hydrogen) atoms. The zero-order valence-corrected chi connectivity index (χ0v) is 10.5. The third-order valence-corrected chi connectivity index (χ3v) is 3.45. The molecule has 1 fully saturated rings. The molecule has 92 valence electrons. The van der Waals surface area contributed by atoms with Crippen LogP contribution in [0, 0.1) is 17.3 Å². The minimum absolute atomic E-state index is 0.107. The standard InChI is InChI=1S/C12H20O4/c1-7(2)8-6-12(10(14)15,11(3,4)5)16-9(8)13/h7-8H,6H2,1-5H3,(H,14,15). The SMILES string of the molecule is CC(C)C1CC(C(=O)O)(C(C)(C)C)OC1=O. The number of rotatable bonds is 2. The number of aliphatic carboxylic acids is 1. The summed E-state index contributed by atoms with van der Waals surface area (Å²) < 4.78 is 5.21. The molecule has 1 N–H and O–H groups in total. The van der Waals surface area contributed by atoms with E-state index in [9.17, 15) is 14.7 Å². The Balaban J connectivity index is 3.11. The molecular formula is C12H20O4. The van der Waals surface area contributed by atoms with Crippen LogP contribution in [0.4, 0.5) is 0 Å². The van der Waals surface area contributed by atoms with E-state index in [1.165, 1.54) is 0 Å². The molecular weight excluding hydrogens is 208 g/mol. The van der Waals surface area contributed by atoms with E-state index in [2.05, 4.69) is 0 Å². The van der Waals surface area contributed by atoms with E-state index >= 15 is 0 Å². The van der Waals surface area contributed by atoms with E-state index in [-0.39, 0.29) is 24.2 Å². The van der Waals surface area contributed by atoms with Crippen LogP contribution >= 0.6 is 0 Å². The van der Waals surface area contributed by atoms with Gasteiger partial charge in [-0.25, -0.2) is 4.79 Å². The van der Waals surface area contributed by atoms with Crippen LogP contribution in [0.5, 0.6) is 0 Å². The summed E-state index contributed by atoms with van der Waals surface area (Å²) in [5.74, 6) is -1.63. The van der Waals surface area contributed by atoms with Crippen LogP contribution in [0.15, 0.2) is 0 Å². The predicted octanol–water partition coefficient (Wildman–Crippen LogP) is 2.08. The van der Waals surface area contributed by atoms with E-state index in [1.54, 1.807) is 20.8 Å². The van der Waals surface area contributed by atoms with E-state index < -0.39 is 17.0 Å². The second-order valence-corrected chi connectivity index (χ2v) is 5.86. The summed E-state index contributed by atoms with van der Waals surface area (Å²) in [6, 6.07) is 0. The van der Waals surface area contributed by atoms with E-state index in [1.807, 2.05) is 13.8 Å². The van der Waals surface area contributed by atoms with Crippen LogP contribution in [-0.2, 0) is 14.3 Å². The molecule has 0 spiro atoms. The molecule has 2 atom stereocenters. The van der Waals surface area contributed by atoms with Gasteiger partial charge in [-0.15, -0.1) is 0 Å². The van der Waals surface area contributed by atoms with E-state index in [4.69, 9.17) is 4.74 Å². The molecule has 1 aliphatic heterocycles. The molecule has 4 heteroatoms. The van der Waals surface area contributed by atoms with Crippen molar-refractivity contribution in [1.82, 2.24) is 0 Å². The second-order valence-electron chi connectivity index (χ2n) is 5.86. The summed E-state index contributed by atoms with van der Waals surface area (Å²) >= 11 is 0. The predicted molar refractivity (Wildman–Crippen MR) is 58.9 cm³/mol. The maximum absolute atomic E-state index is 11.7. The number of ether oxygens (including phenoxy) is 1. The molecule has 1 heterocycles. The summed E-state index contributed by atoms with van der Waals surface area (Å²) in [4.78, 5) is 23.1. The van der Waals surface area contributed by atoms with Crippen molar-refractivity contribution in [2.75, 3.05) is 0 Å². The average molecular weight is 228 g/mol. The summed E-state index contributed by atoms with van der Waals surface area (Å²) in [5.41, 5.74) is -1.98. The van der Waals surface area contributed by atoms with Crippen LogP contribution in [0.3, 0.4) is 0 Å². The number of cyclic esters (lactones) is 1. The third kappa shape index (κ3) is 1.81. The molecule has 0 bridgehead atoms. The molecule has 0 aliphatic carbocycles. The molecule has 0 radical (unpaired) electrons. The van der Waals surface area contributed by atoms with Crippen LogP contribution in [0.2, 0.25) is 0 Å². The fourth-order valence-corrected chi connectivity index (χ4v) is 2.10. The van der Waals surface area contributed by atoms with Gasteiger partial charge in [-0.3, -0.25) is 4.79 Å². The first-order chi connectivity index (χ1) is 7.12. The molecule has 1 rings (SSSR count). The van der Waals surface area contributed by atoms with Gasteiger partial charge in [0.15, 0.2) is 0 Å². The fraction of sp³-hybridized carbons (Fsp3) is 0.833. The maximum Gasteiger partial charge on any atom is 0.348 e. The van der Waals surface area contributed by atoms with Crippen molar-refractivity contribution in [3.8, 4) is 0 Å². The first kappa shape index (κ1) is 13.0. The highest BCUT2D eigenvalue weighted by atomic mass is 16.6. The highest BCUT2D eigenvalue weighted by Gasteiger charge is 2.59. The minimum atomic E-state index is -1.38. The van der Waals surface area contributed by atoms with Crippen molar-refractivity contribution in [2.45, 2.75) is 46.6 Å². The molecule has 4 nitrogen and oxygen atoms in total. The summed E-state index contributed by atoms with van der Waals surface area (Å²) in [6.45, 7) is 9.18. The van der Waals surface area contributed by atoms with Crippen molar-refractivity contribution < 1.29 is 19.4 Å². The third-order valence-electron chi connectivity index (χ3n) is 3.45. The lowest BCUT2D eigenvalue weighted by Gasteiger charge is -2.36. The lowest BCUT2D eigenvalue weighted by molar-refractivity contribution is -0.182. The van der Waals surface area contributed by atoms with Crippen LogP contribution in [-0.4, -0.2) is 22.6 Å². The molecule has 0 saturated carbocycles. The molecule has 0 aromatic rings. The van der Waals surface area contributed by atoms with Crippen LogP contribution in [0.1, 0.15) is 41.0 Å². The van der Waals surface area contributed by atoms with E-state index in [0.29, 0.717) is 0 Å². The first-order valence-corrected chi connectivity index (χ1v) is 5.58. The highest BCUT2D eigenvalue weighted by Crippen LogP contribution is 2.46. The minimum Gasteiger partial charge on any atom is -0.478 e. The zero-order chi connectivity index (χ0) is 12.7. The summed E-state index contributed by atoms with van der Waals surface area (Å²) in [6.07, 6.45) is 0.266. The molecule has 2 unspecified atom stereocenters. The second kappa shape index (κ2) is 3.75. The van der Waals surface area contributed by atoms with Crippen LogP contribution < -0.4 is 0 Å². The number of carbonyl (C=O) groups is 2. The average Bonchev–Trinajstić information content (AvgIpc) is 2.42. The molecule has 0 aromatic carbocycles. The lowest BCUT2D eigenvalue weighted by Crippen LogP contribution is -2.50. The monoisotopic (exact) mass is 228 g/mol. The first-order valence-electron chi connectivity index (χ1n) is 5.58. The fourth-order valence-electron chi connectivity index (χ4n) is 2.10. The molecule has 0 amide bonds. The van der Waals surface area contributed by atoms with Crippen molar-refractivity contribution >= 4 is 11.9 Å². The van der Waals surface area contributed by atoms with E-state index in [0.717, 1.165) is 0 Å². The van der Waals surface area contributed by atoms with Crippen LogP contribution in [0.25, 0.3) is 0 Å². The Morgan fingerprint density at radius 3 is 2.19 bits per heavy atom. The number of carbonyl (C=O) groups excluding carboxylic acids is 1. The summed E-state index contributed by atoms with van der Waals surface area (Å²) in [7, 11) is 0. The van der Waals surface area contributed by atoms with Crippen molar-refractivity contribution in [1.29, 1.82) is 0 Å². The van der Waals surface area contributed by atoms with Gasteiger partial charge in [-0.2, -0.15) is 0 Å². The largest absolute Gasteiger partial charge is 0.478 e. The number of carboxylic acid groups (broad SMARTS) is 1. The maximum atomic E-state index is 11.7. The van der Waals surface area contributed by atoms with Gasteiger partial charge < -0.3 is 9.84 Å². The Morgan fingerprint density at radius 2 is 2.00 bits per heavy atom. The van der Waals surface area contributed by atoms with Gasteiger partial charge in [0.1, 0.15) is 0 Å². The normalized spacial score (nSPS) is 30.6. The van der Waals surface area contributed by atoms with Gasteiger partial charge in [-0.05, 0) is 5.92 Å². The Bertz CT molecular complexity index is 313. The van der Waals surface area contributed by atoms with Gasteiger partial charge in [-0.1, -0.05) is 34.6 Å². The van der Waals surface area contributed by atoms with Crippen molar-refractivity contribution in [3.05, 3.63) is 0 Å². The lowest BCUT2D eigenvalue weighted by atomic mass is 9.72. The van der Waals surface area contributed by atoms with Crippen molar-refractivity contribution in [3.63, 3.8) is 0 Å². The van der Waals surface area contributed by atoms with Gasteiger partial charge in [0.25, 0.3) is 0 Å². The zero-order valence-electron chi connectivity index (χ0n) is 10.5. The Labute approximate surface area is 96.0 Å². The number of hydrogen-bond acceptors (Lipinski definition) is 3. The van der Waals surface area contributed by atoms with Crippen molar-refractivity contribution in [2.24, 2.45) is 17.3 Å². The van der Waals surface area contributed by atoms with Gasteiger partial charge in [0.05, 0.1) is 5.92 Å². The Hall–Kier alpha value is -1.06.